The Morgan fingerprint density at radius 1 is 1.00 bits per heavy atom. The normalized spacial score (nSPS) is 11.1. The summed E-state index contributed by atoms with van der Waals surface area (Å²) >= 11 is 5.74. The second kappa shape index (κ2) is 6.15. The van der Waals surface area contributed by atoms with Crippen molar-refractivity contribution in [2.45, 2.75) is 9.79 Å². The minimum absolute atomic E-state index is 0.130. The van der Waals surface area contributed by atoms with Gasteiger partial charge in [0.25, 0.3) is 0 Å². The molecule has 7 heteroatoms. The van der Waals surface area contributed by atoms with Gasteiger partial charge in [0.2, 0.25) is 9.84 Å². The molecule has 0 aromatic heterocycles. The molecule has 2 aromatic carbocycles. The van der Waals surface area contributed by atoms with Gasteiger partial charge >= 0.3 is 5.97 Å². The van der Waals surface area contributed by atoms with Gasteiger partial charge in [-0.1, -0.05) is 11.6 Å². The molecule has 0 heterocycles. The van der Waals surface area contributed by atoms with Gasteiger partial charge in [0, 0.05) is 10.7 Å². The van der Waals surface area contributed by atoms with Crippen molar-refractivity contribution in [2.75, 3.05) is 11.9 Å². The maximum Gasteiger partial charge on any atom is 0.322 e. The molecule has 110 valence electrons. The standard InChI is InChI=1S/C14H12ClNO4S/c15-10-1-5-12(6-2-10)21(19,20)13-7-3-11(4-8-13)16-9-14(17)18/h1-8,16H,9H2,(H,17,18). The van der Waals surface area contributed by atoms with Crippen LogP contribution in [0.15, 0.2) is 58.3 Å². The smallest absolute Gasteiger partial charge is 0.322 e. The SMILES string of the molecule is O=C(O)CNc1ccc(S(=O)(=O)c2ccc(Cl)cc2)cc1. The van der Waals surface area contributed by atoms with E-state index >= 15 is 0 Å². The van der Waals surface area contributed by atoms with Crippen molar-refractivity contribution < 1.29 is 18.3 Å². The second-order valence-corrected chi connectivity index (χ2v) is 6.62. The molecule has 2 rings (SSSR count). The first-order valence-corrected chi connectivity index (χ1v) is 7.82. The summed E-state index contributed by atoms with van der Waals surface area (Å²) < 4.78 is 24.7. The third-order valence-corrected chi connectivity index (χ3v) is 4.77. The number of halogens is 1. The fraction of sp³-hybridized carbons (Fsp3) is 0.0714. The van der Waals surface area contributed by atoms with Crippen LogP contribution in [0, 0.1) is 0 Å². The first-order chi connectivity index (χ1) is 9.89. The molecule has 0 aliphatic carbocycles. The first kappa shape index (κ1) is 15.3. The number of rotatable bonds is 5. The van der Waals surface area contributed by atoms with Gasteiger partial charge in [-0.05, 0) is 48.5 Å². The van der Waals surface area contributed by atoms with Gasteiger partial charge < -0.3 is 10.4 Å². The fourth-order valence-electron chi connectivity index (χ4n) is 1.68. The topological polar surface area (TPSA) is 83.5 Å². The van der Waals surface area contributed by atoms with E-state index in [1.54, 1.807) is 0 Å². The third kappa shape index (κ3) is 3.74. The quantitative estimate of drug-likeness (QED) is 0.883. The number of sulfone groups is 1. The average Bonchev–Trinajstić information content (AvgIpc) is 2.46. The Morgan fingerprint density at radius 2 is 1.48 bits per heavy atom. The van der Waals surface area contributed by atoms with Gasteiger partial charge in [-0.25, -0.2) is 8.42 Å². The summed E-state index contributed by atoms with van der Waals surface area (Å²) in [6.45, 7) is -0.233. The van der Waals surface area contributed by atoms with Crippen LogP contribution >= 0.6 is 11.6 Å². The van der Waals surface area contributed by atoms with Crippen molar-refractivity contribution in [3.8, 4) is 0 Å². The number of anilines is 1. The highest BCUT2D eigenvalue weighted by Gasteiger charge is 2.17. The number of nitrogens with one attached hydrogen (secondary N) is 1. The molecule has 0 fully saturated rings. The highest BCUT2D eigenvalue weighted by molar-refractivity contribution is 7.91. The molecule has 0 unspecified atom stereocenters. The second-order valence-electron chi connectivity index (χ2n) is 4.23. The summed E-state index contributed by atoms with van der Waals surface area (Å²) in [4.78, 5) is 10.7. The zero-order chi connectivity index (χ0) is 15.5. The number of carbonyl (C=O) groups is 1. The van der Waals surface area contributed by atoms with Crippen LogP contribution in [0.2, 0.25) is 5.02 Å². The maximum absolute atomic E-state index is 12.4. The number of aliphatic carboxylic acids is 1. The molecule has 21 heavy (non-hydrogen) atoms. The Kier molecular flexibility index (Phi) is 4.50. The van der Waals surface area contributed by atoms with Crippen LogP contribution < -0.4 is 5.32 Å². The molecule has 0 atom stereocenters. The van der Waals surface area contributed by atoms with Crippen molar-refractivity contribution in [1.82, 2.24) is 0 Å². The number of carboxylic acids is 1. The van der Waals surface area contributed by atoms with E-state index in [0.717, 1.165) is 0 Å². The monoisotopic (exact) mass is 325 g/mol. The zero-order valence-electron chi connectivity index (χ0n) is 10.8. The first-order valence-electron chi connectivity index (χ1n) is 5.96. The third-order valence-electron chi connectivity index (χ3n) is 2.73. The molecule has 0 amide bonds. The van der Waals surface area contributed by atoms with E-state index in [2.05, 4.69) is 5.32 Å². The van der Waals surface area contributed by atoms with Crippen LogP contribution in [0.3, 0.4) is 0 Å². The lowest BCUT2D eigenvalue weighted by atomic mass is 10.3. The van der Waals surface area contributed by atoms with Crippen molar-refractivity contribution in [3.05, 3.63) is 53.6 Å². The summed E-state index contributed by atoms with van der Waals surface area (Å²) in [5.74, 6) is -0.993. The molecule has 0 aliphatic heterocycles. The van der Waals surface area contributed by atoms with Crippen molar-refractivity contribution in [1.29, 1.82) is 0 Å². The predicted molar refractivity (Wildman–Crippen MR) is 79.5 cm³/mol. The molecule has 0 spiro atoms. The average molecular weight is 326 g/mol. The predicted octanol–water partition coefficient (Wildman–Crippen LogP) is 2.67. The van der Waals surface area contributed by atoms with E-state index in [-0.39, 0.29) is 16.3 Å². The Morgan fingerprint density at radius 3 is 1.95 bits per heavy atom. The minimum Gasteiger partial charge on any atom is -0.480 e. The summed E-state index contributed by atoms with van der Waals surface area (Å²) in [7, 11) is -3.61. The fourth-order valence-corrected chi connectivity index (χ4v) is 3.07. The Balaban J connectivity index is 2.24. The largest absolute Gasteiger partial charge is 0.480 e. The van der Waals surface area contributed by atoms with Crippen LogP contribution in [0.1, 0.15) is 0 Å². The summed E-state index contributed by atoms with van der Waals surface area (Å²) in [6.07, 6.45) is 0. The van der Waals surface area contributed by atoms with Gasteiger partial charge in [-0.3, -0.25) is 4.79 Å². The van der Waals surface area contributed by atoms with Crippen molar-refractivity contribution >= 4 is 33.1 Å². The molecule has 0 bridgehead atoms. The lowest BCUT2D eigenvalue weighted by Gasteiger charge is -2.07. The minimum atomic E-state index is -3.61. The van der Waals surface area contributed by atoms with Crippen LogP contribution in [-0.2, 0) is 14.6 Å². The Bertz CT molecular complexity index is 740. The van der Waals surface area contributed by atoms with E-state index < -0.39 is 15.8 Å². The summed E-state index contributed by atoms with van der Waals surface area (Å²) in [6, 6.07) is 11.8. The molecular weight excluding hydrogens is 314 g/mol. The van der Waals surface area contributed by atoms with Crippen LogP contribution in [0.5, 0.6) is 0 Å². The lowest BCUT2D eigenvalue weighted by molar-refractivity contribution is -0.134. The maximum atomic E-state index is 12.4. The highest BCUT2D eigenvalue weighted by Crippen LogP contribution is 2.23. The van der Waals surface area contributed by atoms with Crippen LogP contribution in [-0.4, -0.2) is 26.0 Å². The zero-order valence-corrected chi connectivity index (χ0v) is 12.4. The van der Waals surface area contributed by atoms with Crippen LogP contribution in [0.4, 0.5) is 5.69 Å². The van der Waals surface area contributed by atoms with Crippen molar-refractivity contribution in [3.63, 3.8) is 0 Å². The van der Waals surface area contributed by atoms with E-state index in [9.17, 15) is 13.2 Å². The van der Waals surface area contributed by atoms with Gasteiger partial charge in [0.1, 0.15) is 6.54 Å². The van der Waals surface area contributed by atoms with E-state index in [1.165, 1.54) is 48.5 Å². The van der Waals surface area contributed by atoms with Gasteiger partial charge in [-0.2, -0.15) is 0 Å². The number of hydrogen-bond acceptors (Lipinski definition) is 4. The van der Waals surface area contributed by atoms with Gasteiger partial charge in [0.05, 0.1) is 9.79 Å². The number of carboxylic acid groups (broad SMARTS) is 1. The van der Waals surface area contributed by atoms with Crippen molar-refractivity contribution in [2.24, 2.45) is 0 Å². The number of benzene rings is 2. The molecule has 0 saturated carbocycles. The van der Waals surface area contributed by atoms with E-state index in [1.807, 2.05) is 0 Å². The molecular formula is C14H12ClNO4S. The lowest BCUT2D eigenvalue weighted by Crippen LogP contribution is -2.12. The Hall–Kier alpha value is -2.05. The number of hydrogen-bond donors (Lipinski definition) is 2. The molecule has 2 N–H and O–H groups in total. The van der Waals surface area contributed by atoms with Gasteiger partial charge in [-0.15, -0.1) is 0 Å². The molecule has 5 nitrogen and oxygen atoms in total. The summed E-state index contributed by atoms with van der Waals surface area (Å²) in [5.41, 5.74) is 0.535. The highest BCUT2D eigenvalue weighted by atomic mass is 35.5. The molecule has 2 aromatic rings. The molecule has 0 radical (unpaired) electrons. The van der Waals surface area contributed by atoms with E-state index in [4.69, 9.17) is 16.7 Å². The van der Waals surface area contributed by atoms with E-state index in [0.29, 0.717) is 10.7 Å². The van der Waals surface area contributed by atoms with Gasteiger partial charge in [0.15, 0.2) is 0 Å². The Labute approximate surface area is 127 Å². The molecule has 0 aliphatic rings. The molecule has 0 saturated heterocycles. The van der Waals surface area contributed by atoms with Crippen LogP contribution in [0.25, 0.3) is 0 Å². The summed E-state index contributed by atoms with van der Waals surface area (Å²) in [5, 5.41) is 11.7.